The van der Waals surface area contributed by atoms with Gasteiger partial charge < -0.3 is 5.32 Å². The van der Waals surface area contributed by atoms with Crippen molar-refractivity contribution in [3.63, 3.8) is 0 Å². The minimum atomic E-state index is -2.94. The van der Waals surface area contributed by atoms with Gasteiger partial charge >= 0.3 is 0 Å². The average Bonchev–Trinajstić information content (AvgIpc) is 2.81. The van der Waals surface area contributed by atoms with Crippen molar-refractivity contribution < 1.29 is 8.42 Å². The monoisotopic (exact) mass is 317 g/mol. The molecule has 0 saturated heterocycles. The van der Waals surface area contributed by atoms with Crippen molar-refractivity contribution in [2.45, 2.75) is 50.8 Å². The maximum atomic E-state index is 11.8. The van der Waals surface area contributed by atoms with Gasteiger partial charge in [0.2, 0.25) is 0 Å². The number of hydrogen-bond acceptors (Lipinski definition) is 6. The first-order chi connectivity index (χ1) is 9.43. The van der Waals surface area contributed by atoms with E-state index in [1.165, 1.54) is 17.8 Å². The van der Waals surface area contributed by atoms with Crippen LogP contribution in [-0.2, 0) is 9.84 Å². The molecule has 0 amide bonds. The lowest BCUT2D eigenvalue weighted by molar-refractivity contribution is 0.277. The van der Waals surface area contributed by atoms with Gasteiger partial charge in [0, 0.05) is 12.3 Å². The van der Waals surface area contributed by atoms with Gasteiger partial charge in [0.1, 0.15) is 9.84 Å². The van der Waals surface area contributed by atoms with Crippen LogP contribution in [0.5, 0.6) is 0 Å². The molecule has 1 heterocycles. The zero-order valence-corrected chi connectivity index (χ0v) is 13.9. The van der Waals surface area contributed by atoms with Gasteiger partial charge in [-0.1, -0.05) is 17.8 Å². The van der Waals surface area contributed by atoms with E-state index in [2.05, 4.69) is 21.8 Å². The Bertz CT molecular complexity index is 542. The molecule has 1 saturated carbocycles. The Labute approximate surface area is 125 Å². The number of aromatic nitrogens is 2. The Morgan fingerprint density at radius 2 is 2.20 bits per heavy atom. The number of sulfone groups is 1. The third-order valence-corrected chi connectivity index (χ3v) is 6.69. The fourth-order valence-corrected chi connectivity index (χ4v) is 5.09. The summed E-state index contributed by atoms with van der Waals surface area (Å²) in [4.78, 5) is 1.16. The zero-order chi connectivity index (χ0) is 14.8. The molecular weight excluding hydrogens is 294 g/mol. The van der Waals surface area contributed by atoms with Gasteiger partial charge in [0.05, 0.1) is 15.8 Å². The SMILES string of the molecule is CCNC(c1snnc1C)C1CCCC(S(C)(=O)=O)C1. The summed E-state index contributed by atoms with van der Waals surface area (Å²) in [6, 6.07) is 0.185. The second-order valence-electron chi connectivity index (χ2n) is 5.64. The molecule has 1 N–H and O–H groups in total. The van der Waals surface area contributed by atoms with Crippen LogP contribution in [0.25, 0.3) is 0 Å². The van der Waals surface area contributed by atoms with Crippen LogP contribution >= 0.6 is 11.5 Å². The molecule has 2 rings (SSSR count). The van der Waals surface area contributed by atoms with E-state index in [0.717, 1.165) is 42.8 Å². The summed E-state index contributed by atoms with van der Waals surface area (Å²) in [6.45, 7) is 4.91. The predicted octanol–water partition coefficient (Wildman–Crippen LogP) is 2.10. The average molecular weight is 317 g/mol. The van der Waals surface area contributed by atoms with E-state index >= 15 is 0 Å². The first-order valence-electron chi connectivity index (χ1n) is 7.14. The summed E-state index contributed by atoms with van der Waals surface area (Å²) >= 11 is 1.43. The number of nitrogens with zero attached hydrogens (tertiary/aromatic N) is 2. The Morgan fingerprint density at radius 1 is 1.45 bits per heavy atom. The molecule has 1 aromatic rings. The van der Waals surface area contributed by atoms with E-state index in [9.17, 15) is 8.42 Å². The highest BCUT2D eigenvalue weighted by Crippen LogP contribution is 2.38. The molecule has 0 spiro atoms. The van der Waals surface area contributed by atoms with Crippen molar-refractivity contribution in [1.29, 1.82) is 0 Å². The van der Waals surface area contributed by atoms with Crippen LogP contribution in [0.15, 0.2) is 0 Å². The van der Waals surface area contributed by atoms with Crippen molar-refractivity contribution in [1.82, 2.24) is 14.9 Å². The van der Waals surface area contributed by atoms with E-state index in [-0.39, 0.29) is 11.3 Å². The van der Waals surface area contributed by atoms with E-state index < -0.39 is 9.84 Å². The molecule has 3 unspecified atom stereocenters. The molecule has 0 aromatic carbocycles. The fraction of sp³-hybridized carbons (Fsp3) is 0.846. The lowest BCUT2D eigenvalue weighted by Crippen LogP contribution is -2.35. The Morgan fingerprint density at radius 3 is 2.75 bits per heavy atom. The highest BCUT2D eigenvalue weighted by Gasteiger charge is 2.34. The summed E-state index contributed by atoms with van der Waals surface area (Å²) in [6.07, 6.45) is 4.96. The van der Waals surface area contributed by atoms with Gasteiger partial charge in [0.15, 0.2) is 0 Å². The summed E-state index contributed by atoms with van der Waals surface area (Å²) in [5.41, 5.74) is 0.961. The highest BCUT2D eigenvalue weighted by molar-refractivity contribution is 7.91. The molecule has 7 heteroatoms. The number of rotatable bonds is 5. The van der Waals surface area contributed by atoms with E-state index in [1.807, 2.05) is 6.92 Å². The zero-order valence-electron chi connectivity index (χ0n) is 12.3. The third kappa shape index (κ3) is 3.56. The number of aryl methyl sites for hydroxylation is 1. The third-order valence-electron chi connectivity index (χ3n) is 4.14. The molecule has 1 fully saturated rings. The van der Waals surface area contributed by atoms with Crippen LogP contribution in [0.2, 0.25) is 0 Å². The van der Waals surface area contributed by atoms with Gasteiger partial charge in [-0.25, -0.2) is 8.42 Å². The van der Waals surface area contributed by atoms with Gasteiger partial charge in [0.25, 0.3) is 0 Å². The summed E-state index contributed by atoms with van der Waals surface area (Å²) in [5.74, 6) is 0.351. The molecule has 5 nitrogen and oxygen atoms in total. The van der Waals surface area contributed by atoms with Crippen LogP contribution in [0.3, 0.4) is 0 Å². The van der Waals surface area contributed by atoms with Crippen molar-refractivity contribution >= 4 is 21.4 Å². The molecule has 1 aromatic heterocycles. The molecule has 1 aliphatic carbocycles. The normalized spacial score (nSPS) is 25.6. The van der Waals surface area contributed by atoms with Crippen molar-refractivity contribution in [2.75, 3.05) is 12.8 Å². The number of hydrogen-bond donors (Lipinski definition) is 1. The highest BCUT2D eigenvalue weighted by atomic mass is 32.2. The van der Waals surface area contributed by atoms with Crippen LogP contribution in [0, 0.1) is 12.8 Å². The first kappa shape index (κ1) is 15.9. The second-order valence-corrected chi connectivity index (χ2v) is 8.75. The molecule has 0 aliphatic heterocycles. The summed E-state index contributed by atoms with van der Waals surface area (Å²) < 4.78 is 27.7. The van der Waals surface area contributed by atoms with Gasteiger partial charge in [-0.15, -0.1) is 5.10 Å². The first-order valence-corrected chi connectivity index (χ1v) is 9.87. The van der Waals surface area contributed by atoms with Crippen LogP contribution in [0.1, 0.15) is 49.2 Å². The molecule has 3 atom stereocenters. The maximum absolute atomic E-state index is 11.8. The molecule has 0 radical (unpaired) electrons. The molecule has 114 valence electrons. The quantitative estimate of drug-likeness (QED) is 0.900. The van der Waals surface area contributed by atoms with Gasteiger partial charge in [-0.3, -0.25) is 0 Å². The Balaban J connectivity index is 2.19. The molecule has 1 aliphatic rings. The van der Waals surface area contributed by atoms with Gasteiger partial charge in [-0.05, 0) is 50.2 Å². The molecule has 20 heavy (non-hydrogen) atoms. The van der Waals surface area contributed by atoms with E-state index in [0.29, 0.717) is 5.92 Å². The van der Waals surface area contributed by atoms with E-state index in [4.69, 9.17) is 0 Å². The second kappa shape index (κ2) is 6.49. The Kier molecular flexibility index (Phi) is 5.14. The fourth-order valence-electron chi connectivity index (χ4n) is 3.09. The van der Waals surface area contributed by atoms with Crippen molar-refractivity contribution in [3.05, 3.63) is 10.6 Å². The predicted molar refractivity (Wildman–Crippen MR) is 81.7 cm³/mol. The van der Waals surface area contributed by atoms with Crippen molar-refractivity contribution in [2.24, 2.45) is 5.92 Å². The lowest BCUT2D eigenvalue weighted by atomic mass is 9.82. The van der Waals surface area contributed by atoms with Gasteiger partial charge in [-0.2, -0.15) is 0 Å². The minimum Gasteiger partial charge on any atom is -0.309 e. The van der Waals surface area contributed by atoms with Crippen LogP contribution in [-0.4, -0.2) is 36.1 Å². The van der Waals surface area contributed by atoms with Crippen LogP contribution < -0.4 is 5.32 Å². The standard InChI is InChI=1S/C13H23N3O2S2/c1-4-14-12(13-9(2)15-16-19-13)10-6-5-7-11(8-10)20(3,17)18/h10-12,14H,4-8H2,1-3H3. The smallest absolute Gasteiger partial charge is 0.150 e. The van der Waals surface area contributed by atoms with E-state index in [1.54, 1.807) is 0 Å². The maximum Gasteiger partial charge on any atom is 0.150 e. The summed E-state index contributed by atoms with van der Waals surface area (Å²) in [7, 11) is -2.94. The van der Waals surface area contributed by atoms with Crippen molar-refractivity contribution in [3.8, 4) is 0 Å². The lowest BCUT2D eigenvalue weighted by Gasteiger charge is -2.33. The topological polar surface area (TPSA) is 72.0 Å². The largest absolute Gasteiger partial charge is 0.309 e. The molecule has 0 bridgehead atoms. The Hall–Kier alpha value is -0.530. The number of nitrogens with one attached hydrogen (secondary N) is 1. The van der Waals surface area contributed by atoms with Crippen LogP contribution in [0.4, 0.5) is 0 Å². The minimum absolute atomic E-state index is 0.185. The molecular formula is C13H23N3O2S2. The summed E-state index contributed by atoms with van der Waals surface area (Å²) in [5, 5.41) is 7.40.